The van der Waals surface area contributed by atoms with Gasteiger partial charge in [-0.25, -0.2) is 9.97 Å². The fourth-order valence-electron chi connectivity index (χ4n) is 1.56. The summed E-state index contributed by atoms with van der Waals surface area (Å²) in [6, 6.07) is 7.88. The highest BCUT2D eigenvalue weighted by atomic mass is 32.2. The first kappa shape index (κ1) is 12.1. The van der Waals surface area contributed by atoms with Gasteiger partial charge in [0.05, 0.1) is 12.1 Å². The van der Waals surface area contributed by atoms with Gasteiger partial charge in [-0.2, -0.15) is 0 Å². The van der Waals surface area contributed by atoms with E-state index in [1.54, 1.807) is 11.8 Å². The van der Waals surface area contributed by atoms with E-state index < -0.39 is 0 Å². The van der Waals surface area contributed by atoms with Crippen LogP contribution < -0.4 is 5.32 Å². The van der Waals surface area contributed by atoms with E-state index in [2.05, 4.69) is 22.2 Å². The molecule has 0 unspecified atom stereocenters. The number of hydrogen-bond acceptors (Lipinski definition) is 5. The third-order valence-corrected chi connectivity index (χ3v) is 2.99. The maximum Gasteiger partial charge on any atom is 0.190 e. The number of nitrogens with one attached hydrogen (secondary N) is 1. The molecular weight excluding hydrogens is 234 g/mol. The van der Waals surface area contributed by atoms with Crippen LogP contribution in [0, 0.1) is 0 Å². The number of aliphatic hydroxyl groups is 1. The van der Waals surface area contributed by atoms with E-state index in [9.17, 15) is 0 Å². The fourth-order valence-corrected chi connectivity index (χ4v) is 2.13. The molecule has 2 rings (SSSR count). The van der Waals surface area contributed by atoms with Gasteiger partial charge in [-0.15, -0.1) is 0 Å². The smallest absolute Gasteiger partial charge is 0.190 e. The van der Waals surface area contributed by atoms with Gasteiger partial charge in [0.15, 0.2) is 5.16 Å². The summed E-state index contributed by atoms with van der Waals surface area (Å²) in [5.41, 5.74) is 0.930. The Morgan fingerprint density at radius 2 is 2.12 bits per heavy atom. The fraction of sp³-hybridized carbons (Fsp3) is 0.333. The van der Waals surface area contributed by atoms with Crippen LogP contribution in [0.3, 0.4) is 0 Å². The molecule has 0 radical (unpaired) electrons. The molecule has 2 N–H and O–H groups in total. The number of fused-ring (bicyclic) bond motifs is 1. The molecular formula is C12H15N3OS. The molecule has 0 aliphatic rings. The lowest BCUT2D eigenvalue weighted by atomic mass is 10.2. The number of anilines is 1. The van der Waals surface area contributed by atoms with Crippen molar-refractivity contribution in [2.75, 3.05) is 24.2 Å². The minimum absolute atomic E-state index is 0.0918. The van der Waals surface area contributed by atoms with Crippen molar-refractivity contribution in [3.05, 3.63) is 24.3 Å². The molecule has 17 heavy (non-hydrogen) atoms. The van der Waals surface area contributed by atoms with Crippen molar-refractivity contribution in [1.29, 1.82) is 0 Å². The number of hydrogen-bond donors (Lipinski definition) is 2. The molecule has 5 heteroatoms. The zero-order valence-corrected chi connectivity index (χ0v) is 10.5. The molecule has 0 bridgehead atoms. The number of nitrogens with zero attached hydrogens (tertiary/aromatic N) is 2. The van der Waals surface area contributed by atoms with Crippen LogP contribution in [0.1, 0.15) is 6.92 Å². The first-order chi connectivity index (χ1) is 8.35. The Morgan fingerprint density at radius 1 is 1.29 bits per heavy atom. The number of aromatic nitrogens is 2. The van der Waals surface area contributed by atoms with E-state index in [4.69, 9.17) is 5.11 Å². The van der Waals surface area contributed by atoms with Crippen molar-refractivity contribution in [2.45, 2.75) is 12.1 Å². The van der Waals surface area contributed by atoms with Gasteiger partial charge in [0.2, 0.25) is 0 Å². The summed E-state index contributed by atoms with van der Waals surface area (Å²) >= 11 is 1.61. The first-order valence-corrected chi connectivity index (χ1v) is 6.58. The normalized spacial score (nSPS) is 10.7. The molecule has 0 atom stereocenters. The minimum Gasteiger partial charge on any atom is -0.395 e. The van der Waals surface area contributed by atoms with Gasteiger partial charge >= 0.3 is 0 Å². The Labute approximate surface area is 104 Å². The van der Waals surface area contributed by atoms with E-state index >= 15 is 0 Å². The standard InChI is InChI=1S/C12H15N3OS/c1-2-17-12-14-10-6-4-3-5-9(10)11(15-12)13-7-8-16/h3-6,16H,2,7-8H2,1H3,(H,13,14,15). The quantitative estimate of drug-likeness (QED) is 0.628. The summed E-state index contributed by atoms with van der Waals surface area (Å²) < 4.78 is 0. The van der Waals surface area contributed by atoms with Gasteiger partial charge in [-0.1, -0.05) is 30.8 Å². The van der Waals surface area contributed by atoms with Crippen molar-refractivity contribution in [1.82, 2.24) is 9.97 Å². The van der Waals surface area contributed by atoms with E-state index in [1.165, 1.54) is 0 Å². The predicted molar refractivity (Wildman–Crippen MR) is 71.5 cm³/mol. The maximum absolute atomic E-state index is 8.86. The molecule has 4 nitrogen and oxygen atoms in total. The topological polar surface area (TPSA) is 58.0 Å². The molecule has 0 aliphatic carbocycles. The molecule has 0 saturated heterocycles. The highest BCUT2D eigenvalue weighted by Crippen LogP contribution is 2.23. The van der Waals surface area contributed by atoms with E-state index in [1.807, 2.05) is 24.3 Å². The summed E-state index contributed by atoms with van der Waals surface area (Å²) in [4.78, 5) is 8.94. The molecule has 0 amide bonds. The lowest BCUT2D eigenvalue weighted by molar-refractivity contribution is 0.311. The predicted octanol–water partition coefficient (Wildman–Crippen LogP) is 2.15. The number of aliphatic hydroxyl groups excluding tert-OH is 1. The molecule has 1 aromatic heterocycles. The number of thioether (sulfide) groups is 1. The van der Waals surface area contributed by atoms with Crippen molar-refractivity contribution in [3.8, 4) is 0 Å². The molecule has 0 aliphatic heterocycles. The second-order valence-corrected chi connectivity index (χ2v) is 4.69. The summed E-state index contributed by atoms with van der Waals surface area (Å²) in [7, 11) is 0. The van der Waals surface area contributed by atoms with E-state index in [0.29, 0.717) is 6.54 Å². The molecule has 1 heterocycles. The lowest BCUT2D eigenvalue weighted by Gasteiger charge is -2.09. The molecule has 90 valence electrons. The second kappa shape index (κ2) is 5.84. The van der Waals surface area contributed by atoms with Gasteiger partial charge in [0, 0.05) is 11.9 Å². The SMILES string of the molecule is CCSc1nc(NCCO)c2ccccc2n1. The van der Waals surface area contributed by atoms with Crippen molar-refractivity contribution in [2.24, 2.45) is 0 Å². The second-order valence-electron chi connectivity index (χ2n) is 3.46. The monoisotopic (exact) mass is 249 g/mol. The number of rotatable bonds is 5. The Hall–Kier alpha value is -1.33. The lowest BCUT2D eigenvalue weighted by Crippen LogP contribution is -2.08. The molecule has 2 aromatic rings. The van der Waals surface area contributed by atoms with Crippen LogP contribution >= 0.6 is 11.8 Å². The van der Waals surface area contributed by atoms with Crippen LogP contribution in [0.5, 0.6) is 0 Å². The molecule has 1 aromatic carbocycles. The van der Waals surface area contributed by atoms with Crippen LogP contribution in [0.4, 0.5) is 5.82 Å². The van der Waals surface area contributed by atoms with Crippen molar-refractivity contribution in [3.63, 3.8) is 0 Å². The third kappa shape index (κ3) is 2.87. The van der Waals surface area contributed by atoms with E-state index in [-0.39, 0.29) is 6.61 Å². The zero-order chi connectivity index (χ0) is 12.1. The average molecular weight is 249 g/mol. The summed E-state index contributed by atoms with van der Waals surface area (Å²) in [6.45, 7) is 2.66. The van der Waals surface area contributed by atoms with Gasteiger partial charge in [0.25, 0.3) is 0 Å². The average Bonchev–Trinajstić information content (AvgIpc) is 2.36. The van der Waals surface area contributed by atoms with Gasteiger partial charge in [-0.3, -0.25) is 0 Å². The summed E-state index contributed by atoms with van der Waals surface area (Å²) in [5, 5.41) is 13.7. The van der Waals surface area contributed by atoms with Gasteiger partial charge < -0.3 is 10.4 Å². The zero-order valence-electron chi connectivity index (χ0n) is 9.68. The number of para-hydroxylation sites is 1. The first-order valence-electron chi connectivity index (χ1n) is 5.59. The largest absolute Gasteiger partial charge is 0.395 e. The molecule has 0 saturated carbocycles. The third-order valence-electron chi connectivity index (χ3n) is 2.26. The Bertz CT molecular complexity index is 504. The Morgan fingerprint density at radius 3 is 2.88 bits per heavy atom. The van der Waals surface area contributed by atoms with E-state index in [0.717, 1.165) is 27.6 Å². The van der Waals surface area contributed by atoms with Crippen LogP contribution in [0.2, 0.25) is 0 Å². The summed E-state index contributed by atoms with van der Waals surface area (Å²) in [6.07, 6.45) is 0. The highest BCUT2D eigenvalue weighted by molar-refractivity contribution is 7.99. The van der Waals surface area contributed by atoms with Gasteiger partial charge in [0.1, 0.15) is 5.82 Å². The number of benzene rings is 1. The van der Waals surface area contributed by atoms with Crippen molar-refractivity contribution < 1.29 is 5.11 Å². The van der Waals surface area contributed by atoms with Crippen LogP contribution in [-0.2, 0) is 0 Å². The summed E-state index contributed by atoms with van der Waals surface area (Å²) in [5.74, 6) is 1.73. The minimum atomic E-state index is 0.0918. The maximum atomic E-state index is 8.86. The Kier molecular flexibility index (Phi) is 4.17. The molecule has 0 fully saturated rings. The van der Waals surface area contributed by atoms with Crippen LogP contribution in [0.15, 0.2) is 29.4 Å². The van der Waals surface area contributed by atoms with Gasteiger partial charge in [-0.05, 0) is 17.9 Å². The van der Waals surface area contributed by atoms with Crippen LogP contribution in [-0.4, -0.2) is 34.0 Å². The highest BCUT2D eigenvalue weighted by Gasteiger charge is 2.06. The van der Waals surface area contributed by atoms with Crippen molar-refractivity contribution >= 4 is 28.5 Å². The van der Waals surface area contributed by atoms with Crippen LogP contribution in [0.25, 0.3) is 10.9 Å². The Balaban J connectivity index is 2.45. The molecule has 0 spiro atoms.